The molecule has 6 nitrogen and oxygen atoms in total. The molecule has 0 atom stereocenters. The van der Waals surface area contributed by atoms with Crippen molar-refractivity contribution in [2.75, 3.05) is 31.1 Å². The first kappa shape index (κ1) is 16.9. The zero-order valence-corrected chi connectivity index (χ0v) is 16.2. The number of benzene rings is 1. The van der Waals surface area contributed by atoms with Crippen LogP contribution in [-0.4, -0.2) is 53.1 Å². The maximum Gasteiger partial charge on any atom is 0.410 e. The second kappa shape index (κ2) is 6.14. The van der Waals surface area contributed by atoms with Crippen molar-refractivity contribution in [3.8, 4) is 0 Å². The molecule has 1 aromatic carbocycles. The third-order valence-electron chi connectivity index (χ3n) is 6.36. The molecule has 1 spiro atoms. The Kier molecular flexibility index (Phi) is 3.85. The summed E-state index contributed by atoms with van der Waals surface area (Å²) in [6, 6.07) is 7.03. The molecular formula is C21H28N4O2. The molecule has 6 heteroatoms. The van der Waals surface area contributed by atoms with Crippen molar-refractivity contribution >= 4 is 22.7 Å². The van der Waals surface area contributed by atoms with Gasteiger partial charge in [-0.15, -0.1) is 0 Å². The number of nitrogens with zero attached hydrogens (tertiary/aromatic N) is 4. The van der Waals surface area contributed by atoms with Crippen LogP contribution in [0.3, 0.4) is 0 Å². The van der Waals surface area contributed by atoms with Crippen molar-refractivity contribution in [2.24, 2.45) is 5.41 Å². The predicted molar refractivity (Wildman–Crippen MR) is 105 cm³/mol. The number of rotatable bonds is 3. The zero-order valence-electron chi connectivity index (χ0n) is 16.2. The van der Waals surface area contributed by atoms with Gasteiger partial charge >= 0.3 is 6.09 Å². The van der Waals surface area contributed by atoms with Gasteiger partial charge in [-0.1, -0.05) is 0 Å². The minimum Gasteiger partial charge on any atom is -0.446 e. The summed E-state index contributed by atoms with van der Waals surface area (Å²) in [5.74, 6) is 0. The molecule has 3 fully saturated rings. The first-order valence-corrected chi connectivity index (χ1v) is 10.2. The molecular weight excluding hydrogens is 340 g/mol. The minimum absolute atomic E-state index is 0.101. The van der Waals surface area contributed by atoms with Crippen LogP contribution in [-0.2, 0) is 4.74 Å². The van der Waals surface area contributed by atoms with E-state index in [1.807, 2.05) is 11.1 Å². The lowest BCUT2D eigenvalue weighted by atomic mass is 9.72. The van der Waals surface area contributed by atoms with Crippen LogP contribution in [0.2, 0.25) is 0 Å². The lowest BCUT2D eigenvalue weighted by Crippen LogP contribution is -2.61. The van der Waals surface area contributed by atoms with Crippen LogP contribution >= 0.6 is 0 Å². The number of piperidine rings is 1. The van der Waals surface area contributed by atoms with Gasteiger partial charge in [-0.2, -0.15) is 5.10 Å². The van der Waals surface area contributed by atoms with Crippen LogP contribution in [0.4, 0.5) is 10.5 Å². The summed E-state index contributed by atoms with van der Waals surface area (Å²) in [4.78, 5) is 16.5. The van der Waals surface area contributed by atoms with Crippen LogP contribution in [0, 0.1) is 5.41 Å². The molecule has 1 aliphatic carbocycles. The predicted octanol–water partition coefficient (Wildman–Crippen LogP) is 3.82. The monoisotopic (exact) mass is 368 g/mol. The van der Waals surface area contributed by atoms with E-state index in [9.17, 15) is 4.79 Å². The van der Waals surface area contributed by atoms with E-state index in [1.54, 1.807) is 0 Å². The lowest BCUT2D eigenvalue weighted by Gasteiger charge is -2.54. The maximum absolute atomic E-state index is 12.1. The number of aromatic nitrogens is 2. The molecule has 2 aromatic rings. The van der Waals surface area contributed by atoms with Gasteiger partial charge in [0.25, 0.3) is 0 Å². The number of hydrogen-bond donors (Lipinski definition) is 0. The van der Waals surface area contributed by atoms with Gasteiger partial charge in [0, 0.05) is 48.7 Å². The summed E-state index contributed by atoms with van der Waals surface area (Å²) in [6.07, 6.45) is 6.28. The average molecular weight is 368 g/mol. The van der Waals surface area contributed by atoms with Gasteiger partial charge in [0.2, 0.25) is 0 Å². The Morgan fingerprint density at radius 2 is 1.96 bits per heavy atom. The van der Waals surface area contributed by atoms with E-state index >= 15 is 0 Å². The van der Waals surface area contributed by atoms with Crippen LogP contribution in [0.25, 0.3) is 10.9 Å². The summed E-state index contributed by atoms with van der Waals surface area (Å²) >= 11 is 0. The van der Waals surface area contributed by atoms with Gasteiger partial charge < -0.3 is 14.5 Å². The summed E-state index contributed by atoms with van der Waals surface area (Å²) in [6.45, 7) is 8.16. The number of ether oxygens (including phenoxy) is 1. The largest absolute Gasteiger partial charge is 0.446 e. The molecule has 3 heterocycles. The fourth-order valence-electron chi connectivity index (χ4n) is 4.46. The van der Waals surface area contributed by atoms with Gasteiger partial charge in [0.1, 0.15) is 6.10 Å². The number of likely N-dealkylation sites (tertiary alicyclic amines) is 1. The number of anilines is 1. The number of fused-ring (bicyclic) bond motifs is 1. The van der Waals surface area contributed by atoms with Crippen molar-refractivity contribution in [2.45, 2.75) is 51.7 Å². The highest BCUT2D eigenvalue weighted by Gasteiger charge is 2.46. The molecule has 27 heavy (non-hydrogen) atoms. The van der Waals surface area contributed by atoms with Crippen molar-refractivity contribution in [3.05, 3.63) is 24.4 Å². The van der Waals surface area contributed by atoms with Crippen LogP contribution in [0.1, 0.15) is 45.6 Å². The number of carbonyl (C=O) groups excluding carboxylic acids is 1. The molecule has 1 saturated carbocycles. The van der Waals surface area contributed by atoms with Crippen molar-refractivity contribution in [1.29, 1.82) is 0 Å². The molecule has 0 bridgehead atoms. The Morgan fingerprint density at radius 3 is 2.63 bits per heavy atom. The highest BCUT2D eigenvalue weighted by Crippen LogP contribution is 2.43. The third kappa shape index (κ3) is 3.05. The molecule has 3 aliphatic rings. The van der Waals surface area contributed by atoms with Crippen LogP contribution in [0.15, 0.2) is 24.4 Å². The minimum atomic E-state index is -0.101. The normalized spacial score (nSPS) is 21.7. The van der Waals surface area contributed by atoms with Gasteiger partial charge in [-0.25, -0.2) is 4.79 Å². The van der Waals surface area contributed by atoms with Crippen LogP contribution < -0.4 is 4.90 Å². The molecule has 144 valence electrons. The standard InChI is InChI=1S/C21H28N4O2/c1-15(2)25-19-11-17(4-3-16(19)12-22-25)24-13-21(14-24)7-9-23(10-8-21)20(26)27-18-5-6-18/h3-4,11-12,15,18H,5-10,13-14H2,1-2H3. The fraction of sp³-hybridized carbons (Fsp3) is 0.619. The van der Waals surface area contributed by atoms with Crippen molar-refractivity contribution in [3.63, 3.8) is 0 Å². The van der Waals surface area contributed by atoms with E-state index in [0.717, 1.165) is 51.9 Å². The Bertz CT molecular complexity index is 854. The molecule has 0 N–H and O–H groups in total. The summed E-state index contributed by atoms with van der Waals surface area (Å²) < 4.78 is 7.54. The molecule has 2 aliphatic heterocycles. The second-order valence-electron chi connectivity index (χ2n) is 8.85. The number of amides is 1. The highest BCUT2D eigenvalue weighted by atomic mass is 16.6. The SMILES string of the molecule is CC(C)n1ncc2ccc(N3CC4(CCN(C(=O)OC5CC5)CC4)C3)cc21. The quantitative estimate of drug-likeness (QED) is 0.826. The van der Waals surface area contributed by atoms with E-state index in [2.05, 4.69) is 46.7 Å². The van der Waals surface area contributed by atoms with Crippen LogP contribution in [0.5, 0.6) is 0 Å². The lowest BCUT2D eigenvalue weighted by molar-refractivity contribution is 0.0498. The molecule has 1 aromatic heterocycles. The van der Waals surface area contributed by atoms with E-state index in [0.29, 0.717) is 11.5 Å². The van der Waals surface area contributed by atoms with E-state index in [4.69, 9.17) is 4.74 Å². The topological polar surface area (TPSA) is 50.6 Å². The molecule has 0 radical (unpaired) electrons. The molecule has 2 saturated heterocycles. The third-order valence-corrected chi connectivity index (χ3v) is 6.36. The fourth-order valence-corrected chi connectivity index (χ4v) is 4.46. The van der Waals surface area contributed by atoms with E-state index < -0.39 is 0 Å². The van der Waals surface area contributed by atoms with Gasteiger partial charge in [0.15, 0.2) is 0 Å². The number of hydrogen-bond acceptors (Lipinski definition) is 4. The molecule has 0 unspecified atom stereocenters. The first-order chi connectivity index (χ1) is 13.0. The second-order valence-corrected chi connectivity index (χ2v) is 8.85. The Morgan fingerprint density at radius 1 is 1.22 bits per heavy atom. The summed E-state index contributed by atoms with van der Waals surface area (Å²) in [5.41, 5.74) is 2.86. The first-order valence-electron chi connectivity index (χ1n) is 10.2. The Labute approximate surface area is 160 Å². The van der Waals surface area contributed by atoms with E-state index in [-0.39, 0.29) is 12.2 Å². The Balaban J connectivity index is 1.22. The smallest absolute Gasteiger partial charge is 0.410 e. The van der Waals surface area contributed by atoms with E-state index in [1.165, 1.54) is 16.6 Å². The van der Waals surface area contributed by atoms with Gasteiger partial charge in [0.05, 0.1) is 11.7 Å². The van der Waals surface area contributed by atoms with Crippen molar-refractivity contribution in [1.82, 2.24) is 14.7 Å². The molecule has 5 rings (SSSR count). The average Bonchev–Trinajstić information content (AvgIpc) is 3.34. The zero-order chi connectivity index (χ0) is 18.6. The van der Waals surface area contributed by atoms with Gasteiger partial charge in [-0.05, 0) is 57.7 Å². The number of carbonyl (C=O) groups is 1. The maximum atomic E-state index is 12.1. The summed E-state index contributed by atoms with van der Waals surface area (Å²) in [7, 11) is 0. The molecule has 1 amide bonds. The van der Waals surface area contributed by atoms with Gasteiger partial charge in [-0.3, -0.25) is 4.68 Å². The van der Waals surface area contributed by atoms with Crippen molar-refractivity contribution < 1.29 is 9.53 Å². The highest BCUT2D eigenvalue weighted by molar-refractivity contribution is 5.83. The summed E-state index contributed by atoms with van der Waals surface area (Å²) in [5, 5.41) is 5.72. The Hall–Kier alpha value is -2.24.